The molecule has 0 radical (unpaired) electrons. The van der Waals surface area contributed by atoms with E-state index in [1.165, 1.54) is 25.9 Å². The molecule has 0 bridgehead atoms. The highest BCUT2D eigenvalue weighted by Gasteiger charge is 2.14. The molecule has 126 valence electrons. The van der Waals surface area contributed by atoms with E-state index < -0.39 is 0 Å². The molecule has 0 aliphatic carbocycles. The fourth-order valence-corrected chi connectivity index (χ4v) is 2.75. The summed E-state index contributed by atoms with van der Waals surface area (Å²) in [7, 11) is 1.64. The van der Waals surface area contributed by atoms with Crippen LogP contribution in [0.5, 0.6) is 5.75 Å². The smallest absolute Gasteiger partial charge is 0.243 e. The van der Waals surface area contributed by atoms with Crippen molar-refractivity contribution in [2.45, 2.75) is 26.2 Å². The first-order chi connectivity index (χ1) is 11.2. The standard InChI is InChI=1S/C19H28N2O2/c1-16-10-14-21(15-11-16)13-3-12-20-19(22)9-6-17-4-7-18(23-2)8-5-17/h4-9,16H,3,10-15H2,1-2H3,(H,20,22)/b9-6+. The van der Waals surface area contributed by atoms with E-state index in [-0.39, 0.29) is 5.91 Å². The topological polar surface area (TPSA) is 41.6 Å². The number of amides is 1. The second-order valence-corrected chi connectivity index (χ2v) is 6.28. The third-order valence-electron chi connectivity index (χ3n) is 4.37. The zero-order valence-corrected chi connectivity index (χ0v) is 14.3. The fourth-order valence-electron chi connectivity index (χ4n) is 2.75. The molecule has 0 aromatic heterocycles. The van der Waals surface area contributed by atoms with Crippen LogP contribution in [0.3, 0.4) is 0 Å². The van der Waals surface area contributed by atoms with Gasteiger partial charge in [-0.2, -0.15) is 0 Å². The van der Waals surface area contributed by atoms with Crippen LogP contribution in [-0.4, -0.2) is 44.1 Å². The minimum Gasteiger partial charge on any atom is -0.497 e. The number of piperidine rings is 1. The van der Waals surface area contributed by atoms with Crippen molar-refractivity contribution in [3.8, 4) is 5.75 Å². The highest BCUT2D eigenvalue weighted by molar-refractivity contribution is 5.91. The molecule has 1 aliphatic heterocycles. The molecule has 0 spiro atoms. The second kappa shape index (κ2) is 9.36. The van der Waals surface area contributed by atoms with Crippen LogP contribution in [0.25, 0.3) is 6.08 Å². The van der Waals surface area contributed by atoms with Gasteiger partial charge < -0.3 is 15.0 Å². The lowest BCUT2D eigenvalue weighted by molar-refractivity contribution is -0.116. The molecule has 1 aromatic carbocycles. The Morgan fingerprint density at radius 2 is 2.00 bits per heavy atom. The number of carbonyl (C=O) groups is 1. The Labute approximate surface area is 139 Å². The summed E-state index contributed by atoms with van der Waals surface area (Å²) in [5, 5.41) is 2.95. The van der Waals surface area contributed by atoms with Gasteiger partial charge in [0, 0.05) is 12.6 Å². The van der Waals surface area contributed by atoms with Gasteiger partial charge in [-0.3, -0.25) is 4.79 Å². The number of hydrogen-bond acceptors (Lipinski definition) is 3. The largest absolute Gasteiger partial charge is 0.497 e. The third-order valence-corrected chi connectivity index (χ3v) is 4.37. The summed E-state index contributed by atoms with van der Waals surface area (Å²) >= 11 is 0. The predicted octanol–water partition coefficient (Wildman–Crippen LogP) is 2.95. The van der Waals surface area contributed by atoms with Crippen molar-refractivity contribution in [2.24, 2.45) is 5.92 Å². The Morgan fingerprint density at radius 3 is 2.65 bits per heavy atom. The summed E-state index contributed by atoms with van der Waals surface area (Å²) in [6.07, 6.45) is 7.02. The lowest BCUT2D eigenvalue weighted by Gasteiger charge is -2.30. The molecular weight excluding hydrogens is 288 g/mol. The summed E-state index contributed by atoms with van der Waals surface area (Å²) in [5.41, 5.74) is 0.989. The van der Waals surface area contributed by atoms with E-state index in [0.29, 0.717) is 0 Å². The van der Waals surface area contributed by atoms with Crippen molar-refractivity contribution in [3.63, 3.8) is 0 Å². The van der Waals surface area contributed by atoms with E-state index in [1.54, 1.807) is 13.2 Å². The van der Waals surface area contributed by atoms with Gasteiger partial charge in [0.2, 0.25) is 5.91 Å². The third kappa shape index (κ3) is 6.45. The number of benzene rings is 1. The van der Waals surface area contributed by atoms with Gasteiger partial charge in [-0.25, -0.2) is 0 Å². The number of ether oxygens (including phenoxy) is 1. The number of methoxy groups -OCH3 is 1. The van der Waals surface area contributed by atoms with Crippen LogP contribution >= 0.6 is 0 Å². The second-order valence-electron chi connectivity index (χ2n) is 6.28. The summed E-state index contributed by atoms with van der Waals surface area (Å²) in [5.74, 6) is 1.65. The molecule has 23 heavy (non-hydrogen) atoms. The molecule has 4 heteroatoms. The monoisotopic (exact) mass is 316 g/mol. The highest BCUT2D eigenvalue weighted by atomic mass is 16.5. The average molecular weight is 316 g/mol. The van der Waals surface area contributed by atoms with Crippen LogP contribution in [0.15, 0.2) is 30.3 Å². The lowest BCUT2D eigenvalue weighted by atomic mass is 9.99. The molecule has 1 heterocycles. The molecule has 0 saturated carbocycles. The van der Waals surface area contributed by atoms with E-state index in [1.807, 2.05) is 30.3 Å². The van der Waals surface area contributed by atoms with Gasteiger partial charge in [0.25, 0.3) is 0 Å². The number of nitrogens with one attached hydrogen (secondary N) is 1. The molecule has 1 N–H and O–H groups in total. The maximum absolute atomic E-state index is 11.8. The molecule has 1 aromatic rings. The number of likely N-dealkylation sites (tertiary alicyclic amines) is 1. The number of hydrogen-bond donors (Lipinski definition) is 1. The maximum Gasteiger partial charge on any atom is 0.243 e. The summed E-state index contributed by atoms with van der Waals surface area (Å²) < 4.78 is 5.11. The Balaban J connectivity index is 1.61. The van der Waals surface area contributed by atoms with Crippen LogP contribution in [0, 0.1) is 5.92 Å². The Morgan fingerprint density at radius 1 is 1.30 bits per heavy atom. The van der Waals surface area contributed by atoms with Gasteiger partial charge in [-0.05, 0) is 68.6 Å². The molecule has 4 nitrogen and oxygen atoms in total. The first kappa shape index (κ1) is 17.5. The molecule has 1 aliphatic rings. The van der Waals surface area contributed by atoms with Gasteiger partial charge in [-0.15, -0.1) is 0 Å². The molecule has 0 unspecified atom stereocenters. The average Bonchev–Trinajstić information content (AvgIpc) is 2.59. The first-order valence-corrected chi connectivity index (χ1v) is 8.49. The quantitative estimate of drug-likeness (QED) is 0.621. The Kier molecular flexibility index (Phi) is 7.14. The van der Waals surface area contributed by atoms with Crippen molar-refractivity contribution >= 4 is 12.0 Å². The number of nitrogens with zero attached hydrogens (tertiary/aromatic N) is 1. The van der Waals surface area contributed by atoms with Crippen LogP contribution in [0.4, 0.5) is 0 Å². The first-order valence-electron chi connectivity index (χ1n) is 8.49. The minimum absolute atomic E-state index is 0.0342. The number of rotatable bonds is 7. The van der Waals surface area contributed by atoms with E-state index >= 15 is 0 Å². The van der Waals surface area contributed by atoms with Gasteiger partial charge in [-0.1, -0.05) is 19.1 Å². The van der Waals surface area contributed by atoms with Gasteiger partial charge >= 0.3 is 0 Å². The van der Waals surface area contributed by atoms with Gasteiger partial charge in [0.1, 0.15) is 5.75 Å². The van der Waals surface area contributed by atoms with Crippen LogP contribution in [0.2, 0.25) is 0 Å². The summed E-state index contributed by atoms with van der Waals surface area (Å²) in [4.78, 5) is 14.3. The normalized spacial score (nSPS) is 16.6. The number of carbonyl (C=O) groups excluding carboxylic acids is 1. The maximum atomic E-state index is 11.8. The molecule has 2 rings (SSSR count). The van der Waals surface area contributed by atoms with Crippen LogP contribution < -0.4 is 10.1 Å². The summed E-state index contributed by atoms with van der Waals surface area (Å²) in [6, 6.07) is 7.63. The van der Waals surface area contributed by atoms with Crippen LogP contribution in [-0.2, 0) is 4.79 Å². The van der Waals surface area contributed by atoms with Crippen molar-refractivity contribution in [1.82, 2.24) is 10.2 Å². The minimum atomic E-state index is -0.0342. The van der Waals surface area contributed by atoms with Crippen molar-refractivity contribution < 1.29 is 9.53 Å². The fraction of sp³-hybridized carbons (Fsp3) is 0.526. The van der Waals surface area contributed by atoms with Gasteiger partial charge in [0.05, 0.1) is 7.11 Å². The molecule has 1 amide bonds. The molecule has 0 atom stereocenters. The molecule has 1 fully saturated rings. The Hall–Kier alpha value is -1.81. The van der Waals surface area contributed by atoms with E-state index in [2.05, 4.69) is 17.1 Å². The Bertz CT molecular complexity index is 503. The van der Waals surface area contributed by atoms with E-state index in [9.17, 15) is 4.79 Å². The highest BCUT2D eigenvalue weighted by Crippen LogP contribution is 2.15. The van der Waals surface area contributed by atoms with Gasteiger partial charge in [0.15, 0.2) is 0 Å². The van der Waals surface area contributed by atoms with E-state index in [4.69, 9.17) is 4.74 Å². The molecule has 1 saturated heterocycles. The summed E-state index contributed by atoms with van der Waals surface area (Å²) in [6.45, 7) is 6.54. The zero-order chi connectivity index (χ0) is 16.5. The van der Waals surface area contributed by atoms with Crippen LogP contribution in [0.1, 0.15) is 31.7 Å². The zero-order valence-electron chi connectivity index (χ0n) is 14.3. The molecular formula is C19H28N2O2. The lowest BCUT2D eigenvalue weighted by Crippen LogP contribution is -2.35. The predicted molar refractivity (Wildman–Crippen MR) is 94.5 cm³/mol. The van der Waals surface area contributed by atoms with Crippen molar-refractivity contribution in [2.75, 3.05) is 33.3 Å². The SMILES string of the molecule is COc1ccc(/C=C/C(=O)NCCCN2CCC(C)CC2)cc1. The van der Waals surface area contributed by atoms with Crippen molar-refractivity contribution in [3.05, 3.63) is 35.9 Å². The van der Waals surface area contributed by atoms with Crippen molar-refractivity contribution in [1.29, 1.82) is 0 Å². The van der Waals surface area contributed by atoms with E-state index in [0.717, 1.165) is 36.7 Å².